The molecule has 0 aromatic rings. The minimum absolute atomic E-state index is 0.0509. The van der Waals surface area contributed by atoms with Crippen molar-refractivity contribution in [3.05, 3.63) is 11.6 Å². The van der Waals surface area contributed by atoms with Crippen LogP contribution in [0.25, 0.3) is 0 Å². The van der Waals surface area contributed by atoms with Gasteiger partial charge in [0.25, 0.3) is 0 Å². The summed E-state index contributed by atoms with van der Waals surface area (Å²) in [6.07, 6.45) is 3.41. The van der Waals surface area contributed by atoms with E-state index in [1.165, 1.54) is 5.57 Å². The highest BCUT2D eigenvalue weighted by Crippen LogP contribution is 2.23. The maximum atomic E-state index is 10.7. The lowest BCUT2D eigenvalue weighted by Gasteiger charge is -2.23. The summed E-state index contributed by atoms with van der Waals surface area (Å²) in [4.78, 5) is 10.7. The molecule has 3 heteroatoms. The second-order valence-electron chi connectivity index (χ2n) is 2.54. The van der Waals surface area contributed by atoms with E-state index in [1.54, 1.807) is 6.92 Å². The summed E-state index contributed by atoms with van der Waals surface area (Å²) in [5.74, 6) is -0.111. The van der Waals surface area contributed by atoms with Gasteiger partial charge < -0.3 is 4.74 Å². The Labute approximate surface area is 74.7 Å². The van der Waals surface area contributed by atoms with Crippen LogP contribution in [0.15, 0.2) is 11.6 Å². The lowest BCUT2D eigenvalue weighted by Crippen LogP contribution is -2.23. The minimum Gasteiger partial charge on any atom is -0.458 e. The Morgan fingerprint density at radius 3 is 3.00 bits per heavy atom. The molecule has 1 rings (SSSR count). The third-order valence-electron chi connectivity index (χ3n) is 1.63. The Morgan fingerprint density at radius 2 is 2.55 bits per heavy atom. The summed E-state index contributed by atoms with van der Waals surface area (Å²) < 4.78 is 5.03. The zero-order valence-electron chi connectivity index (χ0n) is 6.47. The fourth-order valence-electron chi connectivity index (χ4n) is 0.915. The SMILES string of the molecule is CCC(=O)OC1C=C(CBr)C1. The van der Waals surface area contributed by atoms with Crippen LogP contribution < -0.4 is 0 Å². The number of ether oxygens (including phenoxy) is 1. The van der Waals surface area contributed by atoms with Crippen molar-refractivity contribution in [3.63, 3.8) is 0 Å². The van der Waals surface area contributed by atoms with Gasteiger partial charge in [0.1, 0.15) is 6.10 Å². The second-order valence-corrected chi connectivity index (χ2v) is 3.11. The molecule has 0 radical (unpaired) electrons. The van der Waals surface area contributed by atoms with Gasteiger partial charge in [0.2, 0.25) is 0 Å². The van der Waals surface area contributed by atoms with Crippen LogP contribution >= 0.6 is 15.9 Å². The molecule has 2 nitrogen and oxygen atoms in total. The third kappa shape index (κ3) is 2.33. The van der Waals surface area contributed by atoms with Crippen molar-refractivity contribution in [3.8, 4) is 0 Å². The van der Waals surface area contributed by atoms with Gasteiger partial charge in [-0.25, -0.2) is 0 Å². The molecule has 0 amide bonds. The van der Waals surface area contributed by atoms with E-state index in [1.807, 2.05) is 6.08 Å². The molecule has 0 aliphatic heterocycles. The number of rotatable bonds is 3. The first-order valence-electron chi connectivity index (χ1n) is 3.71. The molecule has 0 aromatic carbocycles. The van der Waals surface area contributed by atoms with Crippen LogP contribution in [-0.4, -0.2) is 17.4 Å². The Morgan fingerprint density at radius 1 is 1.91 bits per heavy atom. The number of carbonyl (C=O) groups is 1. The van der Waals surface area contributed by atoms with Gasteiger partial charge in [0.15, 0.2) is 0 Å². The average Bonchev–Trinajstić information content (AvgIpc) is 1.95. The predicted molar refractivity (Wildman–Crippen MR) is 46.7 cm³/mol. The van der Waals surface area contributed by atoms with Crippen LogP contribution in [0, 0.1) is 0 Å². The maximum Gasteiger partial charge on any atom is 0.306 e. The average molecular weight is 219 g/mol. The van der Waals surface area contributed by atoms with Crippen LogP contribution in [0.1, 0.15) is 19.8 Å². The molecule has 1 unspecified atom stereocenters. The molecular formula is C8H11BrO2. The molecule has 0 N–H and O–H groups in total. The Bertz CT molecular complexity index is 187. The van der Waals surface area contributed by atoms with Gasteiger partial charge in [-0.2, -0.15) is 0 Å². The van der Waals surface area contributed by atoms with Gasteiger partial charge in [-0.1, -0.05) is 28.4 Å². The molecule has 11 heavy (non-hydrogen) atoms. The van der Waals surface area contributed by atoms with E-state index in [0.717, 1.165) is 11.8 Å². The first-order chi connectivity index (χ1) is 5.26. The van der Waals surface area contributed by atoms with E-state index >= 15 is 0 Å². The number of carbonyl (C=O) groups excluding carboxylic acids is 1. The number of hydrogen-bond acceptors (Lipinski definition) is 2. The summed E-state index contributed by atoms with van der Waals surface area (Å²) in [6, 6.07) is 0. The first kappa shape index (κ1) is 8.78. The van der Waals surface area contributed by atoms with Crippen LogP contribution in [0.4, 0.5) is 0 Å². The van der Waals surface area contributed by atoms with Crippen molar-refractivity contribution >= 4 is 21.9 Å². The van der Waals surface area contributed by atoms with Gasteiger partial charge in [-0.05, 0) is 6.08 Å². The topological polar surface area (TPSA) is 26.3 Å². The minimum atomic E-state index is -0.111. The largest absolute Gasteiger partial charge is 0.458 e. The first-order valence-corrected chi connectivity index (χ1v) is 4.83. The van der Waals surface area contributed by atoms with Crippen molar-refractivity contribution in [2.75, 3.05) is 5.33 Å². The van der Waals surface area contributed by atoms with Crippen LogP contribution in [-0.2, 0) is 9.53 Å². The lowest BCUT2D eigenvalue weighted by atomic mass is 9.97. The van der Waals surface area contributed by atoms with Crippen molar-refractivity contribution in [1.82, 2.24) is 0 Å². The number of esters is 1. The normalized spacial score (nSPS) is 22.0. The maximum absolute atomic E-state index is 10.7. The van der Waals surface area contributed by atoms with Crippen molar-refractivity contribution in [2.45, 2.75) is 25.9 Å². The molecule has 0 heterocycles. The summed E-state index contributed by atoms with van der Waals surface area (Å²) >= 11 is 3.33. The fraction of sp³-hybridized carbons (Fsp3) is 0.625. The highest BCUT2D eigenvalue weighted by Gasteiger charge is 2.20. The number of alkyl halides is 1. The molecule has 0 aromatic heterocycles. The lowest BCUT2D eigenvalue weighted by molar-refractivity contribution is -0.147. The van der Waals surface area contributed by atoms with Crippen LogP contribution in [0.3, 0.4) is 0 Å². The van der Waals surface area contributed by atoms with Gasteiger partial charge in [-0.3, -0.25) is 4.79 Å². The number of halogens is 1. The van der Waals surface area contributed by atoms with Crippen LogP contribution in [0.2, 0.25) is 0 Å². The van der Waals surface area contributed by atoms with Gasteiger partial charge in [-0.15, -0.1) is 0 Å². The van der Waals surface area contributed by atoms with Gasteiger partial charge in [0, 0.05) is 18.2 Å². The zero-order valence-corrected chi connectivity index (χ0v) is 8.06. The molecule has 0 saturated heterocycles. The molecule has 1 aliphatic carbocycles. The Balaban J connectivity index is 2.23. The molecule has 0 bridgehead atoms. The fourth-order valence-corrected chi connectivity index (χ4v) is 1.33. The van der Waals surface area contributed by atoms with Crippen LogP contribution in [0.5, 0.6) is 0 Å². The predicted octanol–water partition coefficient (Wildman–Crippen LogP) is 2.03. The van der Waals surface area contributed by atoms with Crippen molar-refractivity contribution < 1.29 is 9.53 Å². The Hall–Kier alpha value is -0.310. The quantitative estimate of drug-likeness (QED) is 0.412. The van der Waals surface area contributed by atoms with Gasteiger partial charge >= 0.3 is 5.97 Å². The highest BCUT2D eigenvalue weighted by molar-refractivity contribution is 9.09. The molecular weight excluding hydrogens is 208 g/mol. The number of hydrogen-bond donors (Lipinski definition) is 0. The summed E-state index contributed by atoms with van der Waals surface area (Å²) in [5, 5.41) is 0.896. The van der Waals surface area contributed by atoms with Crippen molar-refractivity contribution in [2.24, 2.45) is 0 Å². The van der Waals surface area contributed by atoms with E-state index in [2.05, 4.69) is 15.9 Å². The summed E-state index contributed by atoms with van der Waals surface area (Å²) in [7, 11) is 0. The van der Waals surface area contributed by atoms with E-state index in [4.69, 9.17) is 4.74 Å². The van der Waals surface area contributed by atoms with E-state index < -0.39 is 0 Å². The highest BCUT2D eigenvalue weighted by atomic mass is 79.9. The smallest absolute Gasteiger partial charge is 0.306 e. The molecule has 0 saturated carbocycles. The molecule has 1 aliphatic rings. The van der Waals surface area contributed by atoms with E-state index in [0.29, 0.717) is 6.42 Å². The third-order valence-corrected chi connectivity index (χ3v) is 2.35. The van der Waals surface area contributed by atoms with E-state index in [-0.39, 0.29) is 12.1 Å². The van der Waals surface area contributed by atoms with Gasteiger partial charge in [0.05, 0.1) is 0 Å². The standard InChI is InChI=1S/C8H11BrO2/c1-2-8(10)11-7-3-6(4-7)5-9/h3,7H,2,4-5H2,1H3. The van der Waals surface area contributed by atoms with E-state index in [9.17, 15) is 4.79 Å². The molecule has 62 valence electrons. The zero-order chi connectivity index (χ0) is 8.27. The molecule has 0 fully saturated rings. The van der Waals surface area contributed by atoms with Crippen molar-refractivity contribution in [1.29, 1.82) is 0 Å². The summed E-state index contributed by atoms with van der Waals surface area (Å²) in [6.45, 7) is 1.80. The summed E-state index contributed by atoms with van der Waals surface area (Å²) in [5.41, 5.74) is 1.32. The Kier molecular flexibility index (Phi) is 3.12. The monoisotopic (exact) mass is 218 g/mol. The molecule has 0 spiro atoms. The second kappa shape index (κ2) is 3.90. The molecule has 1 atom stereocenters.